The van der Waals surface area contributed by atoms with E-state index in [0.717, 1.165) is 5.56 Å². The third-order valence-electron chi connectivity index (χ3n) is 4.29. The molecule has 0 unspecified atom stereocenters. The third-order valence-corrected chi connectivity index (χ3v) is 4.29. The maximum atomic E-state index is 12.4. The summed E-state index contributed by atoms with van der Waals surface area (Å²) >= 11 is 0. The minimum absolute atomic E-state index is 0.109. The highest BCUT2D eigenvalue weighted by Crippen LogP contribution is 2.34. The molecule has 0 N–H and O–H groups in total. The van der Waals surface area contributed by atoms with Crippen LogP contribution in [-0.4, -0.2) is 37.4 Å². The number of hydrogen-bond donors (Lipinski definition) is 0. The zero-order valence-corrected chi connectivity index (χ0v) is 15.5. The first-order chi connectivity index (χ1) is 14.2. The number of rotatable bonds is 5. The van der Waals surface area contributed by atoms with E-state index in [-0.39, 0.29) is 17.7 Å². The van der Waals surface area contributed by atoms with Crippen LogP contribution in [0.2, 0.25) is 0 Å². The predicted molar refractivity (Wildman–Crippen MR) is 99.8 cm³/mol. The first-order valence-corrected chi connectivity index (χ1v) is 8.86. The minimum atomic E-state index is -0.658. The lowest BCUT2D eigenvalue weighted by Crippen LogP contribution is -2.15. The molecule has 0 bridgehead atoms. The molecule has 1 aliphatic heterocycles. The number of benzene rings is 2. The van der Waals surface area contributed by atoms with Gasteiger partial charge in [0.15, 0.2) is 17.3 Å². The van der Waals surface area contributed by atoms with Crippen molar-refractivity contribution in [2.75, 3.05) is 20.3 Å². The van der Waals surface area contributed by atoms with Crippen molar-refractivity contribution in [1.29, 1.82) is 0 Å². The van der Waals surface area contributed by atoms with E-state index in [2.05, 4.69) is 9.89 Å². The molecule has 1 aromatic heterocycles. The number of hydrogen-bond acceptors (Lipinski definition) is 8. The van der Waals surface area contributed by atoms with Gasteiger partial charge in [0.2, 0.25) is 0 Å². The van der Waals surface area contributed by atoms with Crippen LogP contribution in [-0.2, 0) is 16.1 Å². The Morgan fingerprint density at radius 1 is 0.966 bits per heavy atom. The molecular weight excluding hydrogens is 378 g/mol. The molecule has 8 heteroatoms. The van der Waals surface area contributed by atoms with E-state index in [4.69, 9.17) is 18.7 Å². The van der Waals surface area contributed by atoms with E-state index in [1.54, 1.807) is 30.3 Å². The molecule has 0 aliphatic carbocycles. The molecule has 0 spiro atoms. The summed E-state index contributed by atoms with van der Waals surface area (Å²) in [6, 6.07) is 13.4. The Hall–Kier alpha value is -3.81. The van der Waals surface area contributed by atoms with Crippen LogP contribution >= 0.6 is 0 Å². The van der Waals surface area contributed by atoms with Crippen molar-refractivity contribution in [3.63, 3.8) is 0 Å². The molecule has 8 nitrogen and oxygen atoms in total. The van der Waals surface area contributed by atoms with Crippen LogP contribution in [0.15, 0.2) is 53.1 Å². The molecule has 0 saturated heterocycles. The van der Waals surface area contributed by atoms with Gasteiger partial charge in [-0.25, -0.2) is 9.59 Å². The highest BCUT2D eigenvalue weighted by atomic mass is 16.6. The maximum absolute atomic E-state index is 12.4. The monoisotopic (exact) mass is 395 g/mol. The molecule has 0 amide bonds. The smallest absolute Gasteiger partial charge is 0.339 e. The van der Waals surface area contributed by atoms with E-state index in [0.29, 0.717) is 36.2 Å². The zero-order chi connectivity index (χ0) is 20.2. The van der Waals surface area contributed by atoms with Crippen LogP contribution in [0.5, 0.6) is 11.5 Å². The van der Waals surface area contributed by atoms with Gasteiger partial charge in [0.1, 0.15) is 25.5 Å². The maximum Gasteiger partial charge on any atom is 0.339 e. The summed E-state index contributed by atoms with van der Waals surface area (Å²) in [5, 5.41) is 3.93. The van der Waals surface area contributed by atoms with Gasteiger partial charge in [-0.05, 0) is 30.3 Å². The number of carbonyl (C=O) groups excluding carboxylic acids is 2. The van der Waals surface area contributed by atoms with Crippen molar-refractivity contribution in [2.24, 2.45) is 0 Å². The number of fused-ring (bicyclic) bond motifs is 1. The number of aromatic nitrogens is 1. The van der Waals surface area contributed by atoms with Crippen molar-refractivity contribution >= 4 is 11.9 Å². The van der Waals surface area contributed by atoms with Crippen LogP contribution in [0.3, 0.4) is 0 Å². The molecule has 1 aliphatic rings. The van der Waals surface area contributed by atoms with Crippen molar-refractivity contribution in [3.05, 3.63) is 65.4 Å². The average molecular weight is 395 g/mol. The molecular formula is C21H17NO7. The molecule has 148 valence electrons. The number of nitrogens with zero attached hydrogens (tertiary/aromatic N) is 1. The molecule has 0 fully saturated rings. The molecule has 2 aromatic carbocycles. The molecule has 0 radical (unpaired) electrons. The lowest BCUT2D eigenvalue weighted by Gasteiger charge is -2.18. The van der Waals surface area contributed by atoms with Gasteiger partial charge >= 0.3 is 11.9 Å². The van der Waals surface area contributed by atoms with Crippen LogP contribution in [0.1, 0.15) is 26.4 Å². The van der Waals surface area contributed by atoms with Crippen LogP contribution in [0.4, 0.5) is 0 Å². The SMILES string of the molecule is COC(=O)c1ccccc1C(=O)OCc1cc(-c2ccc3c(c2)OCCO3)on1. The fraction of sp³-hybridized carbons (Fsp3) is 0.190. The highest BCUT2D eigenvalue weighted by Gasteiger charge is 2.19. The Morgan fingerprint density at radius 2 is 1.69 bits per heavy atom. The standard InChI is InChI=1S/C21H17NO7/c1-25-20(23)15-4-2-3-5-16(15)21(24)28-12-14-11-18(29-22-14)13-6-7-17-19(10-13)27-9-8-26-17/h2-7,10-11H,8-9,12H2,1H3. The first kappa shape index (κ1) is 18.5. The fourth-order valence-corrected chi connectivity index (χ4v) is 2.88. The second-order valence-electron chi connectivity index (χ2n) is 6.15. The summed E-state index contributed by atoms with van der Waals surface area (Å²) in [4.78, 5) is 24.2. The Balaban J connectivity index is 1.45. The number of esters is 2. The summed E-state index contributed by atoms with van der Waals surface area (Å²) in [5.74, 6) is 0.549. The molecule has 4 rings (SSSR count). The van der Waals surface area contributed by atoms with Gasteiger partial charge in [0, 0.05) is 11.6 Å². The van der Waals surface area contributed by atoms with E-state index >= 15 is 0 Å². The Labute approximate surface area is 165 Å². The van der Waals surface area contributed by atoms with E-state index < -0.39 is 11.9 Å². The summed E-state index contributed by atoms with van der Waals surface area (Å²) in [6.07, 6.45) is 0. The lowest BCUT2D eigenvalue weighted by atomic mass is 10.1. The molecule has 29 heavy (non-hydrogen) atoms. The van der Waals surface area contributed by atoms with E-state index in [1.807, 2.05) is 6.07 Å². The fourth-order valence-electron chi connectivity index (χ4n) is 2.88. The summed E-state index contributed by atoms with van der Waals surface area (Å²) < 4.78 is 26.4. The summed E-state index contributed by atoms with van der Waals surface area (Å²) in [7, 11) is 1.25. The molecule has 0 saturated carbocycles. The Morgan fingerprint density at radius 3 is 2.45 bits per heavy atom. The van der Waals surface area contributed by atoms with Crippen molar-refractivity contribution in [2.45, 2.75) is 6.61 Å². The van der Waals surface area contributed by atoms with Crippen LogP contribution < -0.4 is 9.47 Å². The van der Waals surface area contributed by atoms with Gasteiger partial charge < -0.3 is 23.5 Å². The van der Waals surface area contributed by atoms with E-state index in [9.17, 15) is 9.59 Å². The normalized spacial score (nSPS) is 12.3. The summed E-state index contributed by atoms with van der Waals surface area (Å²) in [5.41, 5.74) is 1.45. The van der Waals surface area contributed by atoms with Crippen molar-refractivity contribution in [1.82, 2.24) is 5.16 Å². The van der Waals surface area contributed by atoms with Gasteiger partial charge in [0.05, 0.1) is 18.2 Å². The Kier molecular flexibility index (Phi) is 5.15. The summed E-state index contributed by atoms with van der Waals surface area (Å²) in [6.45, 7) is 0.896. The van der Waals surface area contributed by atoms with Gasteiger partial charge in [0.25, 0.3) is 0 Å². The van der Waals surface area contributed by atoms with E-state index in [1.165, 1.54) is 19.2 Å². The number of ether oxygens (including phenoxy) is 4. The minimum Gasteiger partial charge on any atom is -0.486 e. The van der Waals surface area contributed by atoms with Crippen molar-refractivity contribution < 1.29 is 33.1 Å². The first-order valence-electron chi connectivity index (χ1n) is 8.86. The largest absolute Gasteiger partial charge is 0.486 e. The Bertz CT molecular complexity index is 1060. The van der Waals surface area contributed by atoms with Crippen molar-refractivity contribution in [3.8, 4) is 22.8 Å². The van der Waals surface area contributed by atoms with Gasteiger partial charge in [-0.1, -0.05) is 17.3 Å². The number of methoxy groups -OCH3 is 1. The van der Waals surface area contributed by atoms with Gasteiger partial charge in [-0.15, -0.1) is 0 Å². The molecule has 3 aromatic rings. The predicted octanol–water partition coefficient (Wildman–Crippen LogP) is 3.26. The quantitative estimate of drug-likeness (QED) is 0.608. The van der Waals surface area contributed by atoms with Crippen LogP contribution in [0.25, 0.3) is 11.3 Å². The average Bonchev–Trinajstić information content (AvgIpc) is 3.25. The molecule has 2 heterocycles. The van der Waals surface area contributed by atoms with Gasteiger partial charge in [-0.3, -0.25) is 0 Å². The third kappa shape index (κ3) is 3.91. The van der Waals surface area contributed by atoms with Crippen LogP contribution in [0, 0.1) is 0 Å². The second kappa shape index (κ2) is 8.05. The zero-order valence-electron chi connectivity index (χ0n) is 15.5. The second-order valence-corrected chi connectivity index (χ2v) is 6.15. The van der Waals surface area contributed by atoms with Gasteiger partial charge in [-0.2, -0.15) is 0 Å². The molecule has 0 atom stereocenters. The lowest BCUT2D eigenvalue weighted by molar-refractivity contribution is 0.0450. The topological polar surface area (TPSA) is 97.1 Å². The number of carbonyl (C=O) groups is 2. The highest BCUT2D eigenvalue weighted by molar-refractivity contribution is 6.03.